The number of nitrogens with one attached hydrogen (secondary N) is 2. The standard InChI is InChI=1S/C33H42N3O10P/c1-5-8-9-10-27(28(6-2)36(21-37)46-33(40)22-11-13-24(43-4)14-12-22)31(38)34-20-35-32(39)30-16-15-29(45-30)23-17-25(44-7-3)19-26(18-23)47(41)42/h11-19,21,27-28,41-42H,5-10,20H2,1-4H3,(H,34,38)(H,35,39). The maximum atomic E-state index is 13.4. The van der Waals surface area contributed by atoms with E-state index in [1.165, 1.54) is 37.4 Å². The molecule has 14 heteroatoms. The molecule has 13 nitrogen and oxygen atoms in total. The van der Waals surface area contributed by atoms with Crippen molar-refractivity contribution in [1.29, 1.82) is 0 Å². The molecule has 0 aliphatic carbocycles. The highest BCUT2D eigenvalue weighted by molar-refractivity contribution is 7.54. The number of furan rings is 1. The largest absolute Gasteiger partial charge is 0.497 e. The van der Waals surface area contributed by atoms with Gasteiger partial charge >= 0.3 is 5.97 Å². The van der Waals surface area contributed by atoms with Gasteiger partial charge in [0.05, 0.1) is 37.9 Å². The SMILES string of the molecule is CCCCCC(C(=O)NCNC(=O)c1ccc(-c2cc(OCC)cc(P(O)O)c2)o1)C(CC)N(C=O)OC(=O)c1ccc(OC)cc1. The minimum atomic E-state index is -2.38. The summed E-state index contributed by atoms with van der Waals surface area (Å²) in [6.45, 7) is 5.75. The summed E-state index contributed by atoms with van der Waals surface area (Å²) in [5.74, 6) is -1.27. The smallest absolute Gasteiger partial charge is 0.363 e. The summed E-state index contributed by atoms with van der Waals surface area (Å²) in [6.07, 6.45) is 3.60. The Hall–Kier alpha value is -4.45. The lowest BCUT2D eigenvalue weighted by atomic mass is 9.90. The molecule has 0 saturated carbocycles. The molecule has 3 aromatic rings. The first kappa shape index (κ1) is 37.0. The monoisotopic (exact) mass is 671 g/mol. The number of hydroxylamine groups is 2. The number of amides is 3. The average molecular weight is 672 g/mol. The summed E-state index contributed by atoms with van der Waals surface area (Å²) in [5, 5.41) is 6.44. The van der Waals surface area contributed by atoms with E-state index in [0.29, 0.717) is 55.1 Å². The third kappa shape index (κ3) is 10.5. The van der Waals surface area contributed by atoms with E-state index < -0.39 is 38.1 Å². The zero-order valence-corrected chi connectivity index (χ0v) is 27.8. The quantitative estimate of drug-likeness (QED) is 0.0473. The van der Waals surface area contributed by atoms with Crippen LogP contribution in [0.5, 0.6) is 11.5 Å². The Morgan fingerprint density at radius 2 is 1.72 bits per heavy atom. The Morgan fingerprint density at radius 3 is 2.34 bits per heavy atom. The number of unbranched alkanes of at least 4 members (excludes halogenated alkanes) is 2. The van der Waals surface area contributed by atoms with E-state index in [9.17, 15) is 29.0 Å². The molecule has 2 aromatic carbocycles. The van der Waals surface area contributed by atoms with Crippen LogP contribution in [0.2, 0.25) is 0 Å². The molecule has 0 aliphatic heterocycles. The van der Waals surface area contributed by atoms with Crippen LogP contribution in [0.15, 0.2) is 59.0 Å². The van der Waals surface area contributed by atoms with Crippen molar-refractivity contribution in [3.8, 4) is 22.8 Å². The first-order chi connectivity index (χ1) is 22.6. The van der Waals surface area contributed by atoms with Crippen molar-refractivity contribution in [3.05, 3.63) is 65.9 Å². The van der Waals surface area contributed by atoms with E-state index in [2.05, 4.69) is 10.6 Å². The van der Waals surface area contributed by atoms with E-state index >= 15 is 0 Å². The van der Waals surface area contributed by atoms with Gasteiger partial charge in [-0.3, -0.25) is 14.4 Å². The average Bonchev–Trinajstić information content (AvgIpc) is 3.58. The van der Waals surface area contributed by atoms with Gasteiger partial charge in [0, 0.05) is 10.9 Å². The van der Waals surface area contributed by atoms with Gasteiger partial charge in [0.25, 0.3) is 5.91 Å². The van der Waals surface area contributed by atoms with Crippen molar-refractivity contribution < 1.29 is 47.7 Å². The molecule has 0 radical (unpaired) electrons. The van der Waals surface area contributed by atoms with Crippen LogP contribution >= 0.6 is 8.38 Å². The van der Waals surface area contributed by atoms with Crippen molar-refractivity contribution in [1.82, 2.24) is 15.7 Å². The third-order valence-corrected chi connectivity index (χ3v) is 8.06. The fourth-order valence-electron chi connectivity index (χ4n) is 4.93. The van der Waals surface area contributed by atoms with Crippen LogP contribution < -0.4 is 25.4 Å². The number of methoxy groups -OCH3 is 1. The van der Waals surface area contributed by atoms with Crippen LogP contribution in [-0.4, -0.2) is 65.5 Å². The summed E-state index contributed by atoms with van der Waals surface area (Å²) in [4.78, 5) is 76.0. The fourth-order valence-corrected chi connectivity index (χ4v) is 5.43. The number of benzene rings is 2. The summed E-state index contributed by atoms with van der Waals surface area (Å²) in [6, 6.07) is 13.2. The van der Waals surface area contributed by atoms with E-state index in [4.69, 9.17) is 18.7 Å². The van der Waals surface area contributed by atoms with Gasteiger partial charge in [0.2, 0.25) is 12.3 Å². The molecule has 0 spiro atoms. The van der Waals surface area contributed by atoms with E-state index in [1.807, 2.05) is 6.92 Å². The summed E-state index contributed by atoms with van der Waals surface area (Å²) < 4.78 is 16.3. The molecule has 254 valence electrons. The van der Waals surface area contributed by atoms with E-state index in [-0.39, 0.29) is 23.3 Å². The zero-order chi connectivity index (χ0) is 34.3. The molecule has 47 heavy (non-hydrogen) atoms. The second-order valence-corrected chi connectivity index (χ2v) is 11.6. The Kier molecular flexibility index (Phi) is 14.7. The topological polar surface area (TPSA) is 177 Å². The number of hydrogen-bond acceptors (Lipinski definition) is 10. The second kappa shape index (κ2) is 18.6. The summed E-state index contributed by atoms with van der Waals surface area (Å²) in [5.41, 5.74) is 0.694. The van der Waals surface area contributed by atoms with Crippen LogP contribution in [0.3, 0.4) is 0 Å². The Bertz CT molecular complexity index is 1480. The minimum absolute atomic E-state index is 0.0311. The first-order valence-corrected chi connectivity index (χ1v) is 16.6. The number of carbonyl (C=O) groups is 4. The van der Waals surface area contributed by atoms with Crippen molar-refractivity contribution in [3.63, 3.8) is 0 Å². The lowest BCUT2D eigenvalue weighted by Gasteiger charge is -2.31. The Balaban J connectivity index is 1.67. The minimum Gasteiger partial charge on any atom is -0.497 e. The molecule has 4 N–H and O–H groups in total. The Labute approximate surface area is 275 Å². The highest BCUT2D eigenvalue weighted by Crippen LogP contribution is 2.31. The highest BCUT2D eigenvalue weighted by Gasteiger charge is 2.33. The molecule has 3 rings (SSSR count). The highest BCUT2D eigenvalue weighted by atomic mass is 31.2. The van der Waals surface area contributed by atoms with Gasteiger partial charge in [-0.2, -0.15) is 5.06 Å². The van der Waals surface area contributed by atoms with Crippen LogP contribution in [0, 0.1) is 5.92 Å². The van der Waals surface area contributed by atoms with Crippen LogP contribution in [-0.2, 0) is 14.4 Å². The molecular weight excluding hydrogens is 629 g/mol. The van der Waals surface area contributed by atoms with Crippen molar-refractivity contribution in [2.75, 3.05) is 20.4 Å². The van der Waals surface area contributed by atoms with Gasteiger partial charge in [-0.05, 0) is 74.4 Å². The summed E-state index contributed by atoms with van der Waals surface area (Å²) >= 11 is 0. The fraction of sp³-hybridized carbons (Fsp3) is 0.394. The van der Waals surface area contributed by atoms with Crippen LogP contribution in [0.4, 0.5) is 0 Å². The zero-order valence-electron chi connectivity index (χ0n) is 26.9. The lowest BCUT2D eigenvalue weighted by molar-refractivity contribution is -0.171. The summed E-state index contributed by atoms with van der Waals surface area (Å²) in [7, 11) is -0.879. The molecule has 0 saturated heterocycles. The van der Waals surface area contributed by atoms with Crippen molar-refractivity contribution in [2.45, 2.75) is 58.9 Å². The Morgan fingerprint density at radius 1 is 0.979 bits per heavy atom. The second-order valence-electron chi connectivity index (χ2n) is 10.5. The van der Waals surface area contributed by atoms with Gasteiger partial charge in [0.15, 0.2) is 14.1 Å². The first-order valence-electron chi connectivity index (χ1n) is 15.4. The molecule has 0 fully saturated rings. The third-order valence-electron chi connectivity index (χ3n) is 7.34. The number of carbonyl (C=O) groups excluding carboxylic acids is 4. The van der Waals surface area contributed by atoms with Gasteiger partial charge < -0.3 is 39.1 Å². The van der Waals surface area contributed by atoms with Crippen LogP contribution in [0.1, 0.15) is 73.8 Å². The van der Waals surface area contributed by atoms with E-state index in [0.717, 1.165) is 17.9 Å². The van der Waals surface area contributed by atoms with Gasteiger partial charge in [-0.15, -0.1) is 0 Å². The lowest BCUT2D eigenvalue weighted by Crippen LogP contribution is -2.49. The number of ether oxygens (including phenoxy) is 2. The van der Waals surface area contributed by atoms with Gasteiger partial charge in [-0.1, -0.05) is 33.1 Å². The van der Waals surface area contributed by atoms with Crippen LogP contribution in [0.25, 0.3) is 11.3 Å². The number of hydrogen-bond donors (Lipinski definition) is 4. The molecule has 2 atom stereocenters. The van der Waals surface area contributed by atoms with Crippen molar-refractivity contribution >= 4 is 37.9 Å². The molecule has 2 unspecified atom stereocenters. The van der Waals surface area contributed by atoms with E-state index in [1.54, 1.807) is 38.1 Å². The normalized spacial score (nSPS) is 12.1. The number of nitrogens with zero attached hydrogens (tertiary/aromatic N) is 1. The molecule has 0 bridgehead atoms. The molecular formula is C33H42N3O10P. The number of rotatable bonds is 19. The molecule has 0 aliphatic rings. The van der Waals surface area contributed by atoms with Gasteiger partial charge in [0.1, 0.15) is 17.3 Å². The maximum absolute atomic E-state index is 13.4. The molecule has 1 aromatic heterocycles. The predicted octanol–water partition coefficient (Wildman–Crippen LogP) is 4.28. The molecule has 3 amide bonds. The van der Waals surface area contributed by atoms with Gasteiger partial charge in [-0.25, -0.2) is 4.79 Å². The van der Waals surface area contributed by atoms with Crippen molar-refractivity contribution in [2.24, 2.45) is 5.92 Å². The maximum Gasteiger partial charge on any atom is 0.363 e. The molecule has 1 heterocycles. The predicted molar refractivity (Wildman–Crippen MR) is 175 cm³/mol.